The van der Waals surface area contributed by atoms with E-state index in [0.29, 0.717) is 6.54 Å². The average Bonchev–Trinajstić information content (AvgIpc) is 2.23. The van der Waals surface area contributed by atoms with Crippen LogP contribution in [0.5, 0.6) is 0 Å². The van der Waals surface area contributed by atoms with Crippen molar-refractivity contribution >= 4 is 23.6 Å². The molecule has 1 heterocycles. The van der Waals surface area contributed by atoms with Crippen LogP contribution in [0.3, 0.4) is 0 Å². The molecular formula is C10H7ClFN2. The number of nitrogens with zero attached hydrogens (tertiary/aromatic N) is 2. The number of rotatable bonds is 1. The van der Waals surface area contributed by atoms with E-state index in [-0.39, 0.29) is 5.02 Å². The molecule has 2 rings (SSSR count). The lowest BCUT2D eigenvalue weighted by Gasteiger charge is -2.18. The third-order valence-electron chi connectivity index (χ3n) is 1.86. The maximum Gasteiger partial charge on any atom is 0.177 e. The quantitative estimate of drug-likeness (QED) is 0.695. The van der Waals surface area contributed by atoms with Crippen LogP contribution in [-0.4, -0.2) is 12.9 Å². The van der Waals surface area contributed by atoms with E-state index in [2.05, 4.69) is 11.3 Å². The molecule has 0 saturated heterocycles. The van der Waals surface area contributed by atoms with Crippen molar-refractivity contribution in [3.8, 4) is 0 Å². The molecule has 0 bridgehead atoms. The van der Waals surface area contributed by atoms with Gasteiger partial charge in [0, 0.05) is 18.4 Å². The van der Waals surface area contributed by atoms with Gasteiger partial charge in [0.25, 0.3) is 0 Å². The predicted molar refractivity (Wildman–Crippen MR) is 55.3 cm³/mol. The Morgan fingerprint density at radius 1 is 1.50 bits per heavy atom. The zero-order valence-electron chi connectivity index (χ0n) is 7.24. The zero-order chi connectivity index (χ0) is 9.97. The van der Waals surface area contributed by atoms with Crippen molar-refractivity contribution in [2.75, 3.05) is 11.4 Å². The highest BCUT2D eigenvalue weighted by atomic mass is 35.5. The van der Waals surface area contributed by atoms with Gasteiger partial charge in [-0.1, -0.05) is 11.6 Å². The SMILES string of the molecule is Fc1ccc(N2[C]=NC=CC2)cc1Cl. The van der Waals surface area contributed by atoms with E-state index >= 15 is 0 Å². The molecule has 1 aliphatic rings. The molecule has 0 spiro atoms. The van der Waals surface area contributed by atoms with Crippen molar-refractivity contribution in [1.29, 1.82) is 0 Å². The van der Waals surface area contributed by atoms with Gasteiger partial charge in [0.15, 0.2) is 6.34 Å². The van der Waals surface area contributed by atoms with E-state index in [4.69, 9.17) is 11.6 Å². The molecule has 0 aromatic heterocycles. The highest BCUT2D eigenvalue weighted by Gasteiger charge is 2.07. The highest BCUT2D eigenvalue weighted by molar-refractivity contribution is 6.31. The van der Waals surface area contributed by atoms with Crippen LogP contribution in [0, 0.1) is 5.82 Å². The van der Waals surface area contributed by atoms with Crippen molar-refractivity contribution in [3.05, 3.63) is 41.3 Å². The molecule has 0 fully saturated rings. The van der Waals surface area contributed by atoms with Gasteiger partial charge < -0.3 is 4.90 Å². The Hall–Kier alpha value is -1.35. The molecule has 14 heavy (non-hydrogen) atoms. The summed E-state index contributed by atoms with van der Waals surface area (Å²) in [5.74, 6) is -0.417. The Labute approximate surface area is 86.3 Å². The fourth-order valence-corrected chi connectivity index (χ4v) is 1.34. The molecule has 1 aromatic rings. The molecule has 1 aliphatic heterocycles. The number of anilines is 1. The van der Waals surface area contributed by atoms with Gasteiger partial charge in [-0.3, -0.25) is 0 Å². The standard InChI is InChI=1S/C10H7ClFN2/c11-9-6-8(2-3-10(9)12)14-5-1-4-13-7-14/h1-4,6H,5H2. The number of hydrogen-bond donors (Lipinski definition) is 0. The number of aliphatic imine (C=N–C) groups is 1. The molecular weight excluding hydrogens is 203 g/mol. The first-order valence-electron chi connectivity index (χ1n) is 4.10. The monoisotopic (exact) mass is 209 g/mol. The molecule has 4 heteroatoms. The van der Waals surface area contributed by atoms with Gasteiger partial charge in [-0.2, -0.15) is 0 Å². The third-order valence-corrected chi connectivity index (χ3v) is 2.15. The van der Waals surface area contributed by atoms with Gasteiger partial charge in [-0.25, -0.2) is 9.38 Å². The predicted octanol–water partition coefficient (Wildman–Crippen LogP) is 2.72. The summed E-state index contributed by atoms with van der Waals surface area (Å²) < 4.78 is 12.9. The Morgan fingerprint density at radius 3 is 3.00 bits per heavy atom. The first kappa shape index (κ1) is 9.21. The van der Waals surface area contributed by atoms with Crippen molar-refractivity contribution in [1.82, 2.24) is 0 Å². The summed E-state index contributed by atoms with van der Waals surface area (Å²) in [6.07, 6.45) is 6.32. The Morgan fingerprint density at radius 2 is 2.36 bits per heavy atom. The zero-order valence-corrected chi connectivity index (χ0v) is 8.00. The largest absolute Gasteiger partial charge is 0.319 e. The van der Waals surface area contributed by atoms with Crippen molar-refractivity contribution in [2.24, 2.45) is 4.99 Å². The first-order chi connectivity index (χ1) is 6.77. The van der Waals surface area contributed by atoms with E-state index in [9.17, 15) is 4.39 Å². The first-order valence-corrected chi connectivity index (χ1v) is 4.48. The maximum atomic E-state index is 12.9. The van der Waals surface area contributed by atoms with Crippen LogP contribution in [0.4, 0.5) is 10.1 Å². The molecule has 0 amide bonds. The minimum absolute atomic E-state index is 0.110. The molecule has 0 atom stereocenters. The summed E-state index contributed by atoms with van der Waals surface area (Å²) in [7, 11) is 0. The number of benzene rings is 1. The van der Waals surface area contributed by atoms with E-state index in [0.717, 1.165) is 5.69 Å². The van der Waals surface area contributed by atoms with Crippen LogP contribution in [0.15, 0.2) is 35.5 Å². The van der Waals surface area contributed by atoms with Crippen LogP contribution < -0.4 is 4.90 Å². The summed E-state index contributed by atoms with van der Waals surface area (Å²) in [5, 5.41) is 0.110. The topological polar surface area (TPSA) is 15.6 Å². The molecule has 2 nitrogen and oxygen atoms in total. The second kappa shape index (κ2) is 3.80. The molecule has 71 valence electrons. The lowest BCUT2D eigenvalue weighted by atomic mass is 10.3. The van der Waals surface area contributed by atoms with E-state index in [1.165, 1.54) is 6.07 Å². The summed E-state index contributed by atoms with van der Waals surface area (Å²) in [6, 6.07) is 4.53. The Bertz CT molecular complexity index is 401. The smallest absolute Gasteiger partial charge is 0.177 e. The average molecular weight is 210 g/mol. The molecule has 0 unspecified atom stereocenters. The van der Waals surface area contributed by atoms with E-state index in [1.807, 2.05) is 6.08 Å². The van der Waals surface area contributed by atoms with E-state index < -0.39 is 5.82 Å². The number of halogens is 2. The van der Waals surface area contributed by atoms with Crippen LogP contribution in [-0.2, 0) is 0 Å². The van der Waals surface area contributed by atoms with Crippen LogP contribution >= 0.6 is 11.6 Å². The van der Waals surface area contributed by atoms with Crippen LogP contribution in [0.2, 0.25) is 5.02 Å². The van der Waals surface area contributed by atoms with Gasteiger partial charge in [0.2, 0.25) is 0 Å². The second-order valence-corrected chi connectivity index (χ2v) is 3.23. The summed E-state index contributed by atoms with van der Waals surface area (Å²) in [6.45, 7) is 0.672. The minimum Gasteiger partial charge on any atom is -0.319 e. The summed E-state index contributed by atoms with van der Waals surface area (Å²) in [4.78, 5) is 5.60. The van der Waals surface area contributed by atoms with Crippen molar-refractivity contribution in [3.63, 3.8) is 0 Å². The molecule has 1 radical (unpaired) electrons. The fourth-order valence-electron chi connectivity index (χ4n) is 1.17. The molecule has 1 aromatic carbocycles. The Kier molecular flexibility index (Phi) is 2.50. The third kappa shape index (κ3) is 1.77. The summed E-state index contributed by atoms with van der Waals surface area (Å²) >= 11 is 5.65. The Balaban J connectivity index is 2.28. The number of hydrogen-bond acceptors (Lipinski definition) is 2. The lowest BCUT2D eigenvalue weighted by Crippen LogP contribution is -2.22. The normalized spacial score (nSPS) is 14.9. The van der Waals surface area contributed by atoms with Crippen molar-refractivity contribution < 1.29 is 4.39 Å². The maximum absolute atomic E-state index is 12.9. The molecule has 0 aliphatic carbocycles. The molecule has 0 saturated carbocycles. The van der Waals surface area contributed by atoms with Gasteiger partial charge >= 0.3 is 0 Å². The van der Waals surface area contributed by atoms with Gasteiger partial charge in [0.05, 0.1) is 5.02 Å². The lowest BCUT2D eigenvalue weighted by molar-refractivity contribution is 0.628. The minimum atomic E-state index is -0.417. The highest BCUT2D eigenvalue weighted by Crippen LogP contribution is 2.22. The van der Waals surface area contributed by atoms with Gasteiger partial charge in [-0.15, -0.1) is 0 Å². The van der Waals surface area contributed by atoms with Crippen LogP contribution in [0.25, 0.3) is 0 Å². The van der Waals surface area contributed by atoms with Gasteiger partial charge in [-0.05, 0) is 24.3 Å². The van der Waals surface area contributed by atoms with Gasteiger partial charge in [0.1, 0.15) is 5.82 Å². The van der Waals surface area contributed by atoms with Crippen molar-refractivity contribution in [2.45, 2.75) is 0 Å². The molecule has 0 N–H and O–H groups in total. The fraction of sp³-hybridized carbons (Fsp3) is 0.100. The summed E-state index contributed by atoms with van der Waals surface area (Å²) in [5.41, 5.74) is 0.782. The van der Waals surface area contributed by atoms with E-state index in [1.54, 1.807) is 23.2 Å². The van der Waals surface area contributed by atoms with Crippen LogP contribution in [0.1, 0.15) is 0 Å². The second-order valence-electron chi connectivity index (χ2n) is 2.82.